The van der Waals surface area contributed by atoms with E-state index in [0.717, 1.165) is 19.6 Å². The van der Waals surface area contributed by atoms with Gasteiger partial charge in [-0.3, -0.25) is 0 Å². The SMILES string of the molecule is CN1C(=O)N(CC2CCCCN2)CC1c1cc[nH]c1. The van der Waals surface area contributed by atoms with E-state index < -0.39 is 0 Å². The molecule has 2 amide bonds. The van der Waals surface area contributed by atoms with E-state index in [-0.39, 0.29) is 12.1 Å². The number of nitrogens with one attached hydrogen (secondary N) is 2. The fourth-order valence-electron chi connectivity index (χ4n) is 3.14. The molecule has 5 heteroatoms. The third-order valence-corrected chi connectivity index (χ3v) is 4.29. The van der Waals surface area contributed by atoms with Crippen LogP contribution in [0.25, 0.3) is 0 Å². The molecule has 2 unspecified atom stereocenters. The average molecular weight is 262 g/mol. The van der Waals surface area contributed by atoms with E-state index in [1.54, 1.807) is 0 Å². The Morgan fingerprint density at radius 3 is 3.00 bits per heavy atom. The lowest BCUT2D eigenvalue weighted by molar-refractivity contribution is 0.189. The Labute approximate surface area is 114 Å². The van der Waals surface area contributed by atoms with E-state index in [4.69, 9.17) is 0 Å². The van der Waals surface area contributed by atoms with E-state index in [1.807, 2.05) is 29.2 Å². The molecule has 2 fully saturated rings. The van der Waals surface area contributed by atoms with Gasteiger partial charge in [0.05, 0.1) is 6.04 Å². The number of likely N-dealkylation sites (N-methyl/N-ethyl adjacent to an activating group) is 1. The number of hydrogen-bond donors (Lipinski definition) is 2. The molecule has 1 aromatic rings. The number of urea groups is 1. The highest BCUT2D eigenvalue weighted by Gasteiger charge is 2.36. The number of aromatic amines is 1. The van der Waals surface area contributed by atoms with Crippen molar-refractivity contribution in [1.29, 1.82) is 0 Å². The van der Waals surface area contributed by atoms with Gasteiger partial charge in [0.2, 0.25) is 0 Å². The van der Waals surface area contributed by atoms with E-state index in [2.05, 4.69) is 16.4 Å². The van der Waals surface area contributed by atoms with Crippen molar-refractivity contribution in [3.63, 3.8) is 0 Å². The first-order chi connectivity index (χ1) is 9.25. The van der Waals surface area contributed by atoms with Gasteiger partial charge in [0.15, 0.2) is 0 Å². The van der Waals surface area contributed by atoms with Crippen molar-refractivity contribution in [2.75, 3.05) is 26.7 Å². The molecule has 19 heavy (non-hydrogen) atoms. The largest absolute Gasteiger partial charge is 0.367 e. The van der Waals surface area contributed by atoms with Gasteiger partial charge >= 0.3 is 6.03 Å². The molecule has 0 spiro atoms. The van der Waals surface area contributed by atoms with Crippen LogP contribution in [0, 0.1) is 0 Å². The van der Waals surface area contributed by atoms with Gasteiger partial charge in [-0.25, -0.2) is 4.79 Å². The minimum absolute atomic E-state index is 0.151. The maximum atomic E-state index is 12.3. The monoisotopic (exact) mass is 262 g/mol. The van der Waals surface area contributed by atoms with E-state index >= 15 is 0 Å². The summed E-state index contributed by atoms with van der Waals surface area (Å²) in [6.07, 6.45) is 7.62. The normalized spacial score (nSPS) is 28.2. The van der Waals surface area contributed by atoms with Crippen molar-refractivity contribution in [1.82, 2.24) is 20.1 Å². The Kier molecular flexibility index (Phi) is 3.46. The van der Waals surface area contributed by atoms with Crippen LogP contribution in [-0.4, -0.2) is 53.5 Å². The number of carbonyl (C=O) groups excluding carboxylic acids is 1. The Morgan fingerprint density at radius 1 is 1.42 bits per heavy atom. The minimum atomic E-state index is 0.151. The minimum Gasteiger partial charge on any atom is -0.367 e. The Bertz CT molecular complexity index is 425. The van der Waals surface area contributed by atoms with Crippen LogP contribution in [0.1, 0.15) is 30.9 Å². The van der Waals surface area contributed by atoms with Crippen LogP contribution in [0.5, 0.6) is 0 Å². The molecule has 0 bridgehead atoms. The number of hydrogen-bond acceptors (Lipinski definition) is 2. The zero-order valence-electron chi connectivity index (χ0n) is 11.4. The molecule has 0 radical (unpaired) electrons. The number of H-pyrrole nitrogens is 1. The molecule has 2 N–H and O–H groups in total. The first-order valence-electron chi connectivity index (χ1n) is 7.13. The molecule has 2 aliphatic heterocycles. The van der Waals surface area contributed by atoms with Gasteiger partial charge < -0.3 is 20.1 Å². The van der Waals surface area contributed by atoms with E-state index in [1.165, 1.54) is 24.8 Å². The van der Waals surface area contributed by atoms with Gasteiger partial charge in [-0.1, -0.05) is 6.42 Å². The van der Waals surface area contributed by atoms with Crippen LogP contribution in [0.2, 0.25) is 0 Å². The van der Waals surface area contributed by atoms with E-state index in [0.29, 0.717) is 6.04 Å². The first kappa shape index (κ1) is 12.5. The fraction of sp³-hybridized carbons (Fsp3) is 0.643. The van der Waals surface area contributed by atoms with Gasteiger partial charge in [-0.15, -0.1) is 0 Å². The number of piperidine rings is 1. The number of aromatic nitrogens is 1. The third-order valence-electron chi connectivity index (χ3n) is 4.29. The van der Waals surface area contributed by atoms with Gasteiger partial charge in [0, 0.05) is 38.6 Å². The molecule has 0 aliphatic carbocycles. The molecule has 3 heterocycles. The lowest BCUT2D eigenvalue weighted by Gasteiger charge is -2.27. The second-order valence-electron chi connectivity index (χ2n) is 5.61. The van der Waals surface area contributed by atoms with Crippen LogP contribution in [0.4, 0.5) is 4.79 Å². The molecule has 2 aliphatic rings. The summed E-state index contributed by atoms with van der Waals surface area (Å²) in [6.45, 7) is 2.72. The molecule has 0 aromatic carbocycles. The highest BCUT2D eigenvalue weighted by atomic mass is 16.2. The fourth-order valence-corrected chi connectivity index (χ4v) is 3.14. The maximum Gasteiger partial charge on any atom is 0.320 e. The van der Waals surface area contributed by atoms with Crippen LogP contribution >= 0.6 is 0 Å². The molecule has 1 aromatic heterocycles. The topological polar surface area (TPSA) is 51.4 Å². The lowest BCUT2D eigenvalue weighted by Crippen LogP contribution is -2.44. The number of carbonyl (C=O) groups is 1. The lowest BCUT2D eigenvalue weighted by atomic mass is 10.0. The second kappa shape index (κ2) is 5.25. The molecule has 2 atom stereocenters. The van der Waals surface area contributed by atoms with Crippen LogP contribution in [0.3, 0.4) is 0 Å². The summed E-state index contributed by atoms with van der Waals surface area (Å²) < 4.78 is 0. The quantitative estimate of drug-likeness (QED) is 0.868. The van der Waals surface area contributed by atoms with E-state index in [9.17, 15) is 4.79 Å². The van der Waals surface area contributed by atoms with Crippen molar-refractivity contribution in [3.05, 3.63) is 24.0 Å². The molecule has 104 valence electrons. The molecule has 2 saturated heterocycles. The van der Waals surface area contributed by atoms with Crippen molar-refractivity contribution in [2.24, 2.45) is 0 Å². The Morgan fingerprint density at radius 2 is 2.32 bits per heavy atom. The summed E-state index contributed by atoms with van der Waals surface area (Å²) in [5.74, 6) is 0. The van der Waals surface area contributed by atoms with Crippen LogP contribution < -0.4 is 5.32 Å². The summed E-state index contributed by atoms with van der Waals surface area (Å²) in [7, 11) is 1.90. The predicted octanol–water partition coefficient (Wildman–Crippen LogP) is 1.57. The summed E-state index contributed by atoms with van der Waals surface area (Å²) in [6, 6.07) is 2.86. The average Bonchev–Trinajstić information content (AvgIpc) is 3.04. The highest BCUT2D eigenvalue weighted by molar-refractivity contribution is 5.77. The van der Waals surface area contributed by atoms with Gasteiger partial charge in [-0.2, -0.15) is 0 Å². The maximum absolute atomic E-state index is 12.3. The molecular weight excluding hydrogens is 240 g/mol. The zero-order chi connectivity index (χ0) is 13.2. The zero-order valence-corrected chi connectivity index (χ0v) is 11.4. The second-order valence-corrected chi connectivity index (χ2v) is 5.61. The highest BCUT2D eigenvalue weighted by Crippen LogP contribution is 2.28. The first-order valence-corrected chi connectivity index (χ1v) is 7.13. The number of amides is 2. The van der Waals surface area contributed by atoms with Crippen molar-refractivity contribution in [3.8, 4) is 0 Å². The molecule has 0 saturated carbocycles. The summed E-state index contributed by atoms with van der Waals surface area (Å²) >= 11 is 0. The van der Waals surface area contributed by atoms with Crippen molar-refractivity contribution >= 4 is 6.03 Å². The van der Waals surface area contributed by atoms with Gasteiger partial charge in [0.25, 0.3) is 0 Å². The van der Waals surface area contributed by atoms with Gasteiger partial charge in [-0.05, 0) is 31.0 Å². The summed E-state index contributed by atoms with van der Waals surface area (Å²) in [5, 5.41) is 3.51. The number of nitrogens with zero attached hydrogens (tertiary/aromatic N) is 2. The Balaban J connectivity index is 1.65. The smallest absolute Gasteiger partial charge is 0.320 e. The summed E-state index contributed by atoms with van der Waals surface area (Å²) in [5.41, 5.74) is 1.19. The van der Waals surface area contributed by atoms with Gasteiger partial charge in [0.1, 0.15) is 0 Å². The van der Waals surface area contributed by atoms with Crippen molar-refractivity contribution in [2.45, 2.75) is 31.3 Å². The summed E-state index contributed by atoms with van der Waals surface area (Å²) in [4.78, 5) is 19.2. The van der Waals surface area contributed by atoms with Crippen molar-refractivity contribution < 1.29 is 4.79 Å². The molecule has 5 nitrogen and oxygen atoms in total. The molecule has 3 rings (SSSR count). The number of rotatable bonds is 3. The standard InChI is InChI=1S/C14H22N4O/c1-17-13(11-5-7-15-8-11)10-18(14(17)19)9-12-4-2-3-6-16-12/h5,7-8,12-13,15-16H,2-4,6,9-10H2,1H3. The van der Waals surface area contributed by atoms with Crippen LogP contribution in [-0.2, 0) is 0 Å². The molecular formula is C14H22N4O. The predicted molar refractivity (Wildman–Crippen MR) is 73.9 cm³/mol. The Hall–Kier alpha value is -1.49. The third kappa shape index (κ3) is 2.47. The van der Waals surface area contributed by atoms with Crippen LogP contribution in [0.15, 0.2) is 18.5 Å².